The summed E-state index contributed by atoms with van der Waals surface area (Å²) in [6.07, 6.45) is 6.32. The van der Waals surface area contributed by atoms with Gasteiger partial charge in [-0.25, -0.2) is 0 Å². The van der Waals surface area contributed by atoms with Gasteiger partial charge in [0, 0.05) is 11.6 Å². The largest absolute Gasteiger partial charge is 0.495 e. The second-order valence-corrected chi connectivity index (χ2v) is 6.03. The van der Waals surface area contributed by atoms with Crippen LogP contribution in [0.4, 0.5) is 0 Å². The number of hydrogen-bond acceptors (Lipinski definition) is 3. The molecule has 116 valence electrons. The second kappa shape index (κ2) is 7.81. The standard InChI is InChI=1S/C17H24ClNO2/c1-3-19(14-7-5-4-6-8-14)12-16(20)13-9-10-17(21-2)15(18)11-13/h9-11,14H,3-8,12H2,1-2H3. The second-order valence-electron chi connectivity index (χ2n) is 5.63. The number of nitrogens with zero attached hydrogens (tertiary/aromatic N) is 1. The van der Waals surface area contributed by atoms with Gasteiger partial charge in [0.25, 0.3) is 0 Å². The Hall–Kier alpha value is -1.06. The van der Waals surface area contributed by atoms with Gasteiger partial charge < -0.3 is 4.74 Å². The Balaban J connectivity index is 2.03. The molecule has 0 atom stereocenters. The van der Waals surface area contributed by atoms with Gasteiger partial charge in [-0.05, 0) is 37.6 Å². The fourth-order valence-electron chi connectivity index (χ4n) is 3.06. The van der Waals surface area contributed by atoms with E-state index in [9.17, 15) is 4.79 Å². The van der Waals surface area contributed by atoms with Crippen LogP contribution in [0.25, 0.3) is 0 Å². The Morgan fingerprint density at radius 3 is 2.62 bits per heavy atom. The minimum absolute atomic E-state index is 0.131. The molecule has 1 aliphatic rings. The normalized spacial score (nSPS) is 16.2. The molecule has 4 heteroatoms. The average Bonchev–Trinajstić information content (AvgIpc) is 2.53. The summed E-state index contributed by atoms with van der Waals surface area (Å²) < 4.78 is 5.12. The molecule has 0 radical (unpaired) electrons. The molecule has 1 aromatic rings. The molecule has 1 fully saturated rings. The predicted octanol–water partition coefficient (Wildman–Crippen LogP) is 4.19. The van der Waals surface area contributed by atoms with Crippen LogP contribution in [0.1, 0.15) is 49.4 Å². The van der Waals surface area contributed by atoms with Gasteiger partial charge in [0.2, 0.25) is 0 Å². The van der Waals surface area contributed by atoms with Gasteiger partial charge >= 0.3 is 0 Å². The molecule has 0 bridgehead atoms. The maximum Gasteiger partial charge on any atom is 0.176 e. The summed E-state index contributed by atoms with van der Waals surface area (Å²) in [5.74, 6) is 0.736. The summed E-state index contributed by atoms with van der Waals surface area (Å²) >= 11 is 6.10. The number of methoxy groups -OCH3 is 1. The number of likely N-dealkylation sites (N-methyl/N-ethyl adjacent to an activating group) is 1. The van der Waals surface area contributed by atoms with Gasteiger partial charge in [0.1, 0.15) is 5.75 Å². The molecule has 3 nitrogen and oxygen atoms in total. The van der Waals surface area contributed by atoms with Crippen molar-refractivity contribution in [3.05, 3.63) is 28.8 Å². The molecular weight excluding hydrogens is 286 g/mol. The van der Waals surface area contributed by atoms with E-state index < -0.39 is 0 Å². The highest BCUT2D eigenvalue weighted by Crippen LogP contribution is 2.26. The van der Waals surface area contributed by atoms with Crippen LogP contribution >= 0.6 is 11.6 Å². The highest BCUT2D eigenvalue weighted by molar-refractivity contribution is 6.32. The first-order valence-electron chi connectivity index (χ1n) is 7.76. The number of ketones is 1. The number of benzene rings is 1. The minimum Gasteiger partial charge on any atom is -0.495 e. The van der Waals surface area contributed by atoms with Crippen LogP contribution in [0.5, 0.6) is 5.75 Å². The molecule has 0 heterocycles. The molecular formula is C17H24ClNO2. The van der Waals surface area contributed by atoms with E-state index in [1.165, 1.54) is 32.1 Å². The zero-order valence-electron chi connectivity index (χ0n) is 12.9. The highest BCUT2D eigenvalue weighted by Gasteiger charge is 2.22. The zero-order valence-corrected chi connectivity index (χ0v) is 13.7. The number of carbonyl (C=O) groups is 1. The van der Waals surface area contributed by atoms with Crippen molar-refractivity contribution < 1.29 is 9.53 Å². The monoisotopic (exact) mass is 309 g/mol. The van der Waals surface area contributed by atoms with Gasteiger partial charge in [-0.1, -0.05) is 37.8 Å². The van der Waals surface area contributed by atoms with Crippen LogP contribution in [-0.4, -0.2) is 36.9 Å². The average molecular weight is 310 g/mol. The van der Waals surface area contributed by atoms with Crippen LogP contribution in [-0.2, 0) is 0 Å². The number of hydrogen-bond donors (Lipinski definition) is 0. The molecule has 0 spiro atoms. The molecule has 0 aliphatic heterocycles. The Bertz CT molecular complexity index is 484. The number of carbonyl (C=O) groups excluding carboxylic acids is 1. The third kappa shape index (κ3) is 4.21. The lowest BCUT2D eigenvalue weighted by atomic mass is 9.94. The van der Waals surface area contributed by atoms with Crippen LogP contribution in [0.3, 0.4) is 0 Å². The quantitative estimate of drug-likeness (QED) is 0.738. The van der Waals surface area contributed by atoms with Gasteiger partial charge in [-0.2, -0.15) is 0 Å². The molecule has 1 aliphatic carbocycles. The van der Waals surface area contributed by atoms with E-state index in [1.54, 1.807) is 25.3 Å². The van der Waals surface area contributed by atoms with Crippen LogP contribution in [0.15, 0.2) is 18.2 Å². The molecule has 0 unspecified atom stereocenters. The Kier molecular flexibility index (Phi) is 6.07. The third-order valence-corrected chi connectivity index (χ3v) is 4.61. The number of Topliss-reactive ketones (excluding diaryl/α,β-unsaturated/α-hetero) is 1. The van der Waals surface area contributed by atoms with E-state index in [-0.39, 0.29) is 5.78 Å². The lowest BCUT2D eigenvalue weighted by Crippen LogP contribution is -2.40. The van der Waals surface area contributed by atoms with Crippen molar-refractivity contribution in [1.82, 2.24) is 4.90 Å². The highest BCUT2D eigenvalue weighted by atomic mass is 35.5. The summed E-state index contributed by atoms with van der Waals surface area (Å²) in [4.78, 5) is 14.8. The number of ether oxygens (including phenoxy) is 1. The molecule has 0 N–H and O–H groups in total. The Morgan fingerprint density at radius 1 is 1.33 bits per heavy atom. The van der Waals surface area contributed by atoms with Crippen molar-refractivity contribution in [3.8, 4) is 5.75 Å². The maximum absolute atomic E-state index is 12.5. The first-order valence-corrected chi connectivity index (χ1v) is 8.14. The summed E-state index contributed by atoms with van der Waals surface area (Å²) in [5.41, 5.74) is 0.662. The molecule has 0 aromatic heterocycles. The van der Waals surface area contributed by atoms with Crippen molar-refractivity contribution in [2.24, 2.45) is 0 Å². The predicted molar refractivity (Wildman–Crippen MR) is 86.5 cm³/mol. The lowest BCUT2D eigenvalue weighted by Gasteiger charge is -2.33. The van der Waals surface area contributed by atoms with E-state index in [0.29, 0.717) is 28.9 Å². The third-order valence-electron chi connectivity index (χ3n) is 4.32. The van der Waals surface area contributed by atoms with Crippen LogP contribution in [0, 0.1) is 0 Å². The van der Waals surface area contributed by atoms with Gasteiger partial charge in [0.05, 0.1) is 18.7 Å². The molecule has 0 amide bonds. The fourth-order valence-corrected chi connectivity index (χ4v) is 3.32. The molecule has 2 rings (SSSR count). The summed E-state index contributed by atoms with van der Waals surface area (Å²) in [5, 5.41) is 0.490. The van der Waals surface area contributed by atoms with E-state index in [2.05, 4.69) is 11.8 Å². The van der Waals surface area contributed by atoms with Gasteiger partial charge in [-0.15, -0.1) is 0 Å². The SMILES string of the molecule is CCN(CC(=O)c1ccc(OC)c(Cl)c1)C1CCCCC1. The lowest BCUT2D eigenvalue weighted by molar-refractivity contribution is 0.0868. The Morgan fingerprint density at radius 2 is 2.05 bits per heavy atom. The van der Waals surface area contributed by atoms with E-state index in [1.807, 2.05) is 0 Å². The Labute approximate surface area is 132 Å². The smallest absolute Gasteiger partial charge is 0.176 e. The van der Waals surface area contributed by atoms with Crippen LogP contribution in [0.2, 0.25) is 5.02 Å². The van der Waals surface area contributed by atoms with Crippen molar-refractivity contribution >= 4 is 17.4 Å². The summed E-state index contributed by atoms with van der Waals surface area (Å²) in [7, 11) is 1.57. The maximum atomic E-state index is 12.5. The molecule has 1 saturated carbocycles. The van der Waals surface area contributed by atoms with E-state index in [0.717, 1.165) is 6.54 Å². The van der Waals surface area contributed by atoms with Gasteiger partial charge in [-0.3, -0.25) is 9.69 Å². The molecule has 1 aromatic carbocycles. The minimum atomic E-state index is 0.131. The van der Waals surface area contributed by atoms with E-state index in [4.69, 9.17) is 16.3 Å². The topological polar surface area (TPSA) is 29.5 Å². The van der Waals surface area contributed by atoms with Crippen molar-refractivity contribution in [1.29, 1.82) is 0 Å². The summed E-state index contributed by atoms with van der Waals surface area (Å²) in [6.45, 7) is 3.52. The van der Waals surface area contributed by atoms with Crippen molar-refractivity contribution in [2.75, 3.05) is 20.2 Å². The summed E-state index contributed by atoms with van der Waals surface area (Å²) in [6, 6.07) is 5.81. The van der Waals surface area contributed by atoms with Crippen molar-refractivity contribution in [2.45, 2.75) is 45.1 Å². The first kappa shape index (κ1) is 16.3. The van der Waals surface area contributed by atoms with E-state index >= 15 is 0 Å². The fraction of sp³-hybridized carbons (Fsp3) is 0.588. The van der Waals surface area contributed by atoms with Crippen LogP contribution < -0.4 is 4.74 Å². The number of halogens is 1. The number of rotatable bonds is 6. The van der Waals surface area contributed by atoms with Gasteiger partial charge in [0.15, 0.2) is 5.78 Å². The zero-order chi connectivity index (χ0) is 15.2. The molecule has 0 saturated heterocycles. The molecule has 21 heavy (non-hydrogen) atoms. The van der Waals surface area contributed by atoms with Crippen molar-refractivity contribution in [3.63, 3.8) is 0 Å². The first-order chi connectivity index (χ1) is 10.2.